The third kappa shape index (κ3) is 5.52. The maximum absolute atomic E-state index is 13.7. The minimum absolute atomic E-state index is 0.0113. The van der Waals surface area contributed by atoms with Crippen LogP contribution in [-0.4, -0.2) is 27.1 Å². The second-order valence-corrected chi connectivity index (χ2v) is 9.35. The maximum Gasteiger partial charge on any atom is 0.264 e. The molecule has 6 nitrogen and oxygen atoms in total. The lowest BCUT2D eigenvalue weighted by atomic mass is 10.1. The molecule has 0 spiro atoms. The molecule has 3 rings (SSSR count). The highest BCUT2D eigenvalue weighted by molar-refractivity contribution is 7.92. The summed E-state index contributed by atoms with van der Waals surface area (Å²) in [7, 11) is -4.08. The number of amides is 1. The zero-order chi connectivity index (χ0) is 23.3. The lowest BCUT2D eigenvalue weighted by Gasteiger charge is -2.24. The molecule has 0 aliphatic heterocycles. The molecular weight excluding hydrogens is 453 g/mol. The van der Waals surface area contributed by atoms with Crippen LogP contribution < -0.4 is 9.73 Å². The number of halogens is 2. The van der Waals surface area contributed by atoms with Gasteiger partial charge in [-0.05, 0) is 67.4 Å². The van der Waals surface area contributed by atoms with Crippen molar-refractivity contribution in [2.75, 3.05) is 10.8 Å². The van der Waals surface area contributed by atoms with E-state index in [0.717, 1.165) is 21.6 Å². The van der Waals surface area contributed by atoms with Gasteiger partial charge < -0.3 is 0 Å². The molecule has 0 saturated carbocycles. The molecule has 32 heavy (non-hydrogen) atoms. The number of benzene rings is 3. The van der Waals surface area contributed by atoms with Crippen molar-refractivity contribution in [3.8, 4) is 0 Å². The molecule has 0 atom stereocenters. The van der Waals surface area contributed by atoms with Crippen LogP contribution in [0.2, 0.25) is 5.02 Å². The van der Waals surface area contributed by atoms with Crippen molar-refractivity contribution in [2.45, 2.75) is 18.7 Å². The summed E-state index contributed by atoms with van der Waals surface area (Å²) in [5, 5.41) is 4.13. The van der Waals surface area contributed by atoms with Crippen molar-refractivity contribution in [1.82, 2.24) is 5.43 Å². The van der Waals surface area contributed by atoms with Gasteiger partial charge in [0.25, 0.3) is 15.9 Å². The number of carbonyl (C=O) groups is 1. The quantitative estimate of drug-likeness (QED) is 0.407. The van der Waals surface area contributed by atoms with Crippen molar-refractivity contribution in [1.29, 1.82) is 0 Å². The summed E-state index contributed by atoms with van der Waals surface area (Å²) in [5.41, 5.74) is 4.63. The van der Waals surface area contributed by atoms with Gasteiger partial charge in [0.1, 0.15) is 12.4 Å². The molecule has 1 N–H and O–H groups in total. The third-order valence-corrected chi connectivity index (χ3v) is 6.81. The van der Waals surface area contributed by atoms with Gasteiger partial charge in [-0.1, -0.05) is 35.9 Å². The van der Waals surface area contributed by atoms with Crippen molar-refractivity contribution in [3.05, 3.63) is 94.3 Å². The number of rotatable bonds is 7. The van der Waals surface area contributed by atoms with Crippen LogP contribution in [0.15, 0.2) is 76.7 Å². The number of hydrogen-bond donors (Lipinski definition) is 1. The summed E-state index contributed by atoms with van der Waals surface area (Å²) in [6.07, 6.45) is 1.15. The number of sulfonamides is 1. The number of anilines is 1. The molecule has 3 aromatic carbocycles. The van der Waals surface area contributed by atoms with E-state index < -0.39 is 28.3 Å². The van der Waals surface area contributed by atoms with Gasteiger partial charge in [-0.25, -0.2) is 18.2 Å². The first-order valence-corrected chi connectivity index (χ1v) is 11.4. The first kappa shape index (κ1) is 23.4. The second kappa shape index (κ2) is 9.93. The van der Waals surface area contributed by atoms with Crippen molar-refractivity contribution < 1.29 is 17.6 Å². The van der Waals surface area contributed by atoms with Gasteiger partial charge in [0.2, 0.25) is 0 Å². The Balaban J connectivity index is 1.88. The van der Waals surface area contributed by atoms with E-state index in [4.69, 9.17) is 11.6 Å². The van der Waals surface area contributed by atoms with E-state index in [1.807, 2.05) is 13.8 Å². The van der Waals surface area contributed by atoms with Gasteiger partial charge in [0.05, 0.1) is 16.8 Å². The minimum Gasteiger partial charge on any atom is -0.271 e. The first-order chi connectivity index (χ1) is 15.2. The van der Waals surface area contributed by atoms with Crippen molar-refractivity contribution in [2.24, 2.45) is 5.10 Å². The summed E-state index contributed by atoms with van der Waals surface area (Å²) in [6, 6.07) is 16.7. The SMILES string of the molecule is Cc1ccc(N(CC(=O)N/N=C\c2ccccc2F)S(=O)(=O)c2ccc(Cl)cc2)cc1C. The predicted octanol–water partition coefficient (Wildman–Crippen LogP) is 4.44. The molecule has 1 amide bonds. The molecule has 0 saturated heterocycles. The molecule has 0 aromatic heterocycles. The molecule has 0 unspecified atom stereocenters. The second-order valence-electron chi connectivity index (χ2n) is 7.05. The van der Waals surface area contributed by atoms with Crippen LogP contribution in [0.4, 0.5) is 10.1 Å². The van der Waals surface area contributed by atoms with Crippen LogP contribution >= 0.6 is 11.6 Å². The Morgan fingerprint density at radius 1 is 1.06 bits per heavy atom. The smallest absolute Gasteiger partial charge is 0.264 e. The summed E-state index contributed by atoms with van der Waals surface area (Å²) < 4.78 is 41.3. The average molecular weight is 474 g/mol. The van der Waals surface area contributed by atoms with E-state index >= 15 is 0 Å². The van der Waals surface area contributed by atoms with E-state index in [-0.39, 0.29) is 10.5 Å². The molecule has 3 aromatic rings. The van der Waals surface area contributed by atoms with Gasteiger partial charge in [-0.15, -0.1) is 0 Å². The zero-order valence-electron chi connectivity index (χ0n) is 17.4. The molecule has 166 valence electrons. The maximum atomic E-state index is 13.7. The van der Waals surface area contributed by atoms with Crippen molar-refractivity contribution >= 4 is 39.4 Å². The summed E-state index contributed by atoms with van der Waals surface area (Å²) in [6.45, 7) is 3.23. The van der Waals surface area contributed by atoms with E-state index in [9.17, 15) is 17.6 Å². The standard InChI is InChI=1S/C23H21ClFN3O3S/c1-16-7-10-20(13-17(16)2)28(32(30,31)21-11-8-19(24)9-12-21)15-23(29)27-26-14-18-5-3-4-6-22(18)25/h3-14H,15H2,1-2H3,(H,27,29)/b26-14-. The molecule has 9 heteroatoms. The normalized spacial score (nSPS) is 11.5. The highest BCUT2D eigenvalue weighted by Crippen LogP contribution is 2.26. The molecule has 0 aliphatic rings. The number of nitrogens with one attached hydrogen (secondary N) is 1. The summed E-state index contributed by atoms with van der Waals surface area (Å²) >= 11 is 5.88. The summed E-state index contributed by atoms with van der Waals surface area (Å²) in [5.74, 6) is -1.18. The summed E-state index contributed by atoms with van der Waals surface area (Å²) in [4.78, 5) is 12.5. The van der Waals surface area contributed by atoms with E-state index in [1.54, 1.807) is 24.3 Å². The Morgan fingerprint density at radius 2 is 1.75 bits per heavy atom. The van der Waals surface area contributed by atoms with Gasteiger partial charge in [-0.3, -0.25) is 9.10 Å². The Kier molecular flexibility index (Phi) is 7.27. The van der Waals surface area contributed by atoms with Gasteiger partial charge in [0.15, 0.2) is 0 Å². The number of aryl methyl sites for hydroxylation is 2. The van der Waals surface area contributed by atoms with Gasteiger partial charge in [0, 0.05) is 10.6 Å². The highest BCUT2D eigenvalue weighted by Gasteiger charge is 2.27. The highest BCUT2D eigenvalue weighted by atomic mass is 35.5. The van der Waals surface area contributed by atoms with Crippen LogP contribution in [0.5, 0.6) is 0 Å². The molecule has 0 heterocycles. The fourth-order valence-electron chi connectivity index (χ4n) is 2.85. The monoisotopic (exact) mass is 473 g/mol. The Labute approximate surface area is 191 Å². The fraction of sp³-hybridized carbons (Fsp3) is 0.130. The third-order valence-electron chi connectivity index (χ3n) is 4.77. The Morgan fingerprint density at radius 3 is 2.41 bits per heavy atom. The van der Waals surface area contributed by atoms with Crippen LogP contribution in [0.3, 0.4) is 0 Å². The number of hydrazone groups is 1. The van der Waals surface area contributed by atoms with Gasteiger partial charge >= 0.3 is 0 Å². The molecule has 0 radical (unpaired) electrons. The molecular formula is C23H21ClFN3O3S. The predicted molar refractivity (Wildman–Crippen MR) is 124 cm³/mol. The average Bonchev–Trinajstić information content (AvgIpc) is 2.75. The molecule has 0 aliphatic carbocycles. The first-order valence-electron chi connectivity index (χ1n) is 9.60. The minimum atomic E-state index is -4.08. The largest absolute Gasteiger partial charge is 0.271 e. The number of hydrogen-bond acceptors (Lipinski definition) is 4. The van der Waals surface area contributed by atoms with Crippen molar-refractivity contribution in [3.63, 3.8) is 0 Å². The number of nitrogens with zero attached hydrogens (tertiary/aromatic N) is 2. The van der Waals surface area contributed by atoms with Crippen LogP contribution in [0.1, 0.15) is 16.7 Å². The zero-order valence-corrected chi connectivity index (χ0v) is 19.0. The number of carbonyl (C=O) groups excluding carboxylic acids is 1. The van der Waals surface area contributed by atoms with E-state index in [1.165, 1.54) is 42.5 Å². The van der Waals surface area contributed by atoms with Crippen LogP contribution in [0.25, 0.3) is 0 Å². The Hall–Kier alpha value is -3.23. The van der Waals surface area contributed by atoms with E-state index in [2.05, 4.69) is 10.5 Å². The lowest BCUT2D eigenvalue weighted by Crippen LogP contribution is -2.39. The molecule has 0 fully saturated rings. The fourth-order valence-corrected chi connectivity index (χ4v) is 4.39. The van der Waals surface area contributed by atoms with Crippen LogP contribution in [-0.2, 0) is 14.8 Å². The van der Waals surface area contributed by atoms with Gasteiger partial charge in [-0.2, -0.15) is 5.10 Å². The van der Waals surface area contributed by atoms with Crippen LogP contribution in [0, 0.1) is 19.7 Å². The lowest BCUT2D eigenvalue weighted by molar-refractivity contribution is -0.119. The van der Waals surface area contributed by atoms with E-state index in [0.29, 0.717) is 10.7 Å². The topological polar surface area (TPSA) is 78.8 Å². The molecule has 0 bridgehead atoms. The Bertz CT molecular complexity index is 1260.